The van der Waals surface area contributed by atoms with Crippen molar-refractivity contribution in [3.05, 3.63) is 21.9 Å². The van der Waals surface area contributed by atoms with Gasteiger partial charge in [-0.3, -0.25) is 9.69 Å². The standard InChI is InChI=1S/C12H17NO4S2/c1-9-2-3-11(18-9)7-13-4-5-19(16,17)8-10(13)6-12(14)15/h2-3,10H,4-8H2,1H3,(H,14,15). The van der Waals surface area contributed by atoms with E-state index in [1.165, 1.54) is 4.88 Å². The topological polar surface area (TPSA) is 74.7 Å². The van der Waals surface area contributed by atoms with Crippen LogP contribution in [0.5, 0.6) is 0 Å². The fraction of sp³-hybridized carbons (Fsp3) is 0.583. The van der Waals surface area contributed by atoms with Crippen molar-refractivity contribution in [2.45, 2.75) is 25.9 Å². The second kappa shape index (κ2) is 5.60. The summed E-state index contributed by atoms with van der Waals surface area (Å²) in [6, 6.07) is 3.62. The van der Waals surface area contributed by atoms with E-state index in [4.69, 9.17) is 5.11 Å². The van der Waals surface area contributed by atoms with Crippen molar-refractivity contribution >= 4 is 27.1 Å². The van der Waals surface area contributed by atoms with Gasteiger partial charge in [0.15, 0.2) is 9.84 Å². The maximum atomic E-state index is 11.6. The van der Waals surface area contributed by atoms with E-state index in [0.717, 1.165) is 4.88 Å². The van der Waals surface area contributed by atoms with Gasteiger partial charge in [0, 0.05) is 28.9 Å². The first kappa shape index (κ1) is 14.5. The SMILES string of the molecule is Cc1ccc(CN2CCS(=O)(=O)CC2CC(=O)O)s1. The summed E-state index contributed by atoms with van der Waals surface area (Å²) in [6.45, 7) is 3.06. The van der Waals surface area contributed by atoms with Crippen molar-refractivity contribution in [3.63, 3.8) is 0 Å². The van der Waals surface area contributed by atoms with Gasteiger partial charge < -0.3 is 5.11 Å². The second-order valence-electron chi connectivity index (χ2n) is 4.85. The van der Waals surface area contributed by atoms with Gasteiger partial charge in [0.25, 0.3) is 0 Å². The molecule has 1 aromatic heterocycles. The van der Waals surface area contributed by atoms with Crippen LogP contribution >= 0.6 is 11.3 Å². The van der Waals surface area contributed by atoms with Gasteiger partial charge in [0.1, 0.15) is 0 Å². The van der Waals surface area contributed by atoms with Crippen molar-refractivity contribution in [2.24, 2.45) is 0 Å². The van der Waals surface area contributed by atoms with Crippen LogP contribution in [0.25, 0.3) is 0 Å². The zero-order chi connectivity index (χ0) is 14.0. The number of aliphatic carboxylic acids is 1. The largest absolute Gasteiger partial charge is 0.481 e. The van der Waals surface area contributed by atoms with Crippen LogP contribution in [0, 0.1) is 6.92 Å². The van der Waals surface area contributed by atoms with E-state index < -0.39 is 21.8 Å². The molecular formula is C12H17NO4S2. The molecule has 1 unspecified atom stereocenters. The first-order chi connectivity index (χ1) is 8.85. The van der Waals surface area contributed by atoms with Crippen LogP contribution in [-0.2, 0) is 21.2 Å². The summed E-state index contributed by atoms with van der Waals surface area (Å²) in [7, 11) is -3.10. The quantitative estimate of drug-likeness (QED) is 0.902. The van der Waals surface area contributed by atoms with E-state index in [0.29, 0.717) is 13.1 Å². The monoisotopic (exact) mass is 303 g/mol. The Labute approximate surface area is 116 Å². The zero-order valence-corrected chi connectivity index (χ0v) is 12.3. The van der Waals surface area contributed by atoms with Gasteiger partial charge >= 0.3 is 5.97 Å². The molecule has 0 aliphatic carbocycles. The Kier molecular flexibility index (Phi) is 4.27. The minimum atomic E-state index is -3.10. The minimum absolute atomic E-state index is 0.0519. The molecule has 1 N–H and O–H groups in total. The van der Waals surface area contributed by atoms with E-state index in [2.05, 4.69) is 0 Å². The smallest absolute Gasteiger partial charge is 0.304 e. The van der Waals surface area contributed by atoms with Crippen molar-refractivity contribution in [2.75, 3.05) is 18.1 Å². The number of hydrogen-bond acceptors (Lipinski definition) is 5. The minimum Gasteiger partial charge on any atom is -0.481 e. The molecule has 0 radical (unpaired) electrons. The van der Waals surface area contributed by atoms with Crippen LogP contribution < -0.4 is 0 Å². The Morgan fingerprint density at radius 1 is 1.53 bits per heavy atom. The number of carboxylic acids is 1. The number of sulfone groups is 1. The molecule has 0 aromatic carbocycles. The molecule has 0 bridgehead atoms. The maximum Gasteiger partial charge on any atom is 0.304 e. The van der Waals surface area contributed by atoms with Crippen molar-refractivity contribution in [1.29, 1.82) is 0 Å². The van der Waals surface area contributed by atoms with Crippen LogP contribution in [-0.4, -0.2) is 48.5 Å². The molecule has 1 fully saturated rings. The molecule has 106 valence electrons. The molecular weight excluding hydrogens is 286 g/mol. The van der Waals surface area contributed by atoms with Crippen LogP contribution in [0.3, 0.4) is 0 Å². The van der Waals surface area contributed by atoms with Crippen LogP contribution in [0.15, 0.2) is 12.1 Å². The normalized spacial score (nSPS) is 23.3. The molecule has 1 aliphatic rings. The van der Waals surface area contributed by atoms with Gasteiger partial charge in [0.05, 0.1) is 17.9 Å². The van der Waals surface area contributed by atoms with E-state index in [1.807, 2.05) is 24.0 Å². The van der Waals surface area contributed by atoms with Crippen molar-refractivity contribution in [3.8, 4) is 0 Å². The van der Waals surface area contributed by atoms with Crippen LogP contribution in [0.4, 0.5) is 0 Å². The molecule has 2 heterocycles. The molecule has 1 aliphatic heterocycles. The summed E-state index contributed by atoms with van der Waals surface area (Å²) in [5.74, 6) is -0.883. The highest BCUT2D eigenvalue weighted by Gasteiger charge is 2.32. The van der Waals surface area contributed by atoms with Crippen LogP contribution in [0.1, 0.15) is 16.2 Å². The van der Waals surface area contributed by atoms with Gasteiger partial charge in [0.2, 0.25) is 0 Å². The summed E-state index contributed by atoms with van der Waals surface area (Å²) in [6.07, 6.45) is -0.121. The molecule has 1 aromatic rings. The van der Waals surface area contributed by atoms with Gasteiger partial charge in [-0.1, -0.05) is 0 Å². The maximum absolute atomic E-state index is 11.6. The van der Waals surface area contributed by atoms with Gasteiger partial charge in [-0.2, -0.15) is 0 Å². The first-order valence-corrected chi connectivity index (χ1v) is 8.71. The van der Waals surface area contributed by atoms with Crippen molar-refractivity contribution in [1.82, 2.24) is 4.90 Å². The third-order valence-corrected chi connectivity index (χ3v) is 5.90. The molecule has 1 atom stereocenters. The van der Waals surface area contributed by atoms with Gasteiger partial charge in [-0.15, -0.1) is 11.3 Å². The van der Waals surface area contributed by atoms with E-state index in [-0.39, 0.29) is 17.9 Å². The lowest BCUT2D eigenvalue weighted by molar-refractivity contribution is -0.138. The predicted octanol–water partition coefficient (Wildman–Crippen LogP) is 1.13. The number of aryl methyl sites for hydroxylation is 1. The van der Waals surface area contributed by atoms with E-state index >= 15 is 0 Å². The first-order valence-electron chi connectivity index (χ1n) is 6.07. The number of hydrogen-bond donors (Lipinski definition) is 1. The molecule has 0 amide bonds. The third-order valence-electron chi connectivity index (χ3n) is 3.22. The Morgan fingerprint density at radius 3 is 2.84 bits per heavy atom. The Bertz CT molecular complexity index is 564. The molecule has 5 nitrogen and oxygen atoms in total. The molecule has 0 saturated carbocycles. The summed E-state index contributed by atoms with van der Waals surface area (Å²) in [5, 5.41) is 8.91. The lowest BCUT2D eigenvalue weighted by atomic mass is 10.2. The molecule has 0 spiro atoms. The van der Waals surface area contributed by atoms with Crippen molar-refractivity contribution < 1.29 is 18.3 Å². The summed E-state index contributed by atoms with van der Waals surface area (Å²) in [4.78, 5) is 15.2. The summed E-state index contributed by atoms with van der Waals surface area (Å²) >= 11 is 1.66. The Morgan fingerprint density at radius 2 is 2.26 bits per heavy atom. The number of nitrogens with zero attached hydrogens (tertiary/aromatic N) is 1. The van der Waals surface area contributed by atoms with Crippen LogP contribution in [0.2, 0.25) is 0 Å². The predicted molar refractivity (Wildman–Crippen MR) is 74.2 cm³/mol. The van der Waals surface area contributed by atoms with Gasteiger partial charge in [-0.25, -0.2) is 8.42 Å². The van der Waals surface area contributed by atoms with E-state index in [1.54, 1.807) is 11.3 Å². The fourth-order valence-corrected chi connectivity index (χ4v) is 4.80. The molecule has 2 rings (SSSR count). The lowest BCUT2D eigenvalue weighted by Gasteiger charge is -2.34. The molecule has 19 heavy (non-hydrogen) atoms. The zero-order valence-electron chi connectivity index (χ0n) is 10.7. The number of thiophene rings is 1. The number of carbonyl (C=O) groups is 1. The Hall–Kier alpha value is -0.920. The van der Waals surface area contributed by atoms with Gasteiger partial charge in [-0.05, 0) is 19.1 Å². The second-order valence-corrected chi connectivity index (χ2v) is 8.45. The fourth-order valence-electron chi connectivity index (χ4n) is 2.29. The number of carboxylic acid groups (broad SMARTS) is 1. The molecule has 1 saturated heterocycles. The summed E-state index contributed by atoms with van der Waals surface area (Å²) < 4.78 is 23.3. The highest BCUT2D eigenvalue weighted by Crippen LogP contribution is 2.22. The van der Waals surface area contributed by atoms with E-state index in [9.17, 15) is 13.2 Å². The Balaban J connectivity index is 2.10. The summed E-state index contributed by atoms with van der Waals surface area (Å²) in [5.41, 5.74) is 0. The lowest BCUT2D eigenvalue weighted by Crippen LogP contribution is -2.48. The third kappa shape index (κ3) is 4.02. The highest BCUT2D eigenvalue weighted by molar-refractivity contribution is 7.91. The number of rotatable bonds is 4. The molecule has 7 heteroatoms. The highest BCUT2D eigenvalue weighted by atomic mass is 32.2. The average molecular weight is 303 g/mol. The average Bonchev–Trinajstić information content (AvgIpc) is 2.67.